The van der Waals surface area contributed by atoms with E-state index in [0.717, 1.165) is 90.1 Å². The van der Waals surface area contributed by atoms with Crippen LogP contribution in [0.4, 0.5) is 0 Å². The van der Waals surface area contributed by atoms with Crippen molar-refractivity contribution in [2.45, 2.75) is 181 Å². The lowest BCUT2D eigenvalue weighted by atomic mass is 9.73. The van der Waals surface area contributed by atoms with E-state index >= 15 is 4.79 Å². The zero-order chi connectivity index (χ0) is 39.2. The van der Waals surface area contributed by atoms with Crippen molar-refractivity contribution in [1.29, 1.82) is 0 Å². The van der Waals surface area contributed by atoms with Crippen LogP contribution in [0.2, 0.25) is 0 Å². The van der Waals surface area contributed by atoms with E-state index in [1.54, 1.807) is 4.90 Å². The molecular weight excluding hydrogens is 684 g/mol. The van der Waals surface area contributed by atoms with Crippen molar-refractivity contribution in [3.05, 3.63) is 0 Å². The van der Waals surface area contributed by atoms with Gasteiger partial charge < -0.3 is 26.2 Å². The molecule has 302 valence electrons. The first-order valence-corrected chi connectivity index (χ1v) is 21.3. The van der Waals surface area contributed by atoms with Gasteiger partial charge in [-0.15, -0.1) is 0 Å². The summed E-state index contributed by atoms with van der Waals surface area (Å²) in [6.07, 6.45) is 12.7. The lowest BCUT2D eigenvalue weighted by Crippen LogP contribution is -2.62. The fourth-order valence-corrected chi connectivity index (χ4v) is 11.2. The maximum atomic E-state index is 15.1. The van der Waals surface area contributed by atoms with Crippen LogP contribution in [0, 0.1) is 27.6 Å². The molecule has 12 heteroatoms. The van der Waals surface area contributed by atoms with E-state index in [4.69, 9.17) is 0 Å². The normalized spacial score (nSPS) is 29.2. The van der Waals surface area contributed by atoms with Gasteiger partial charge in [0.15, 0.2) is 0 Å². The van der Waals surface area contributed by atoms with Crippen molar-refractivity contribution in [2.24, 2.45) is 27.6 Å². The van der Waals surface area contributed by atoms with Gasteiger partial charge in [-0.25, -0.2) is 0 Å². The molecule has 4 saturated carbocycles. The van der Waals surface area contributed by atoms with Gasteiger partial charge in [-0.1, -0.05) is 80.6 Å². The Kier molecular flexibility index (Phi) is 11.7. The van der Waals surface area contributed by atoms with Gasteiger partial charge in [0, 0.05) is 18.0 Å². The van der Waals surface area contributed by atoms with Crippen LogP contribution >= 0.6 is 0 Å². The van der Waals surface area contributed by atoms with Crippen molar-refractivity contribution in [1.82, 2.24) is 31.1 Å². The smallest absolute Gasteiger partial charge is 0.289 e. The van der Waals surface area contributed by atoms with Crippen molar-refractivity contribution in [3.63, 3.8) is 0 Å². The topological polar surface area (TPSA) is 157 Å². The van der Waals surface area contributed by atoms with Gasteiger partial charge in [-0.05, 0) is 99.5 Å². The van der Waals surface area contributed by atoms with Crippen LogP contribution in [0.1, 0.15) is 145 Å². The third-order valence-electron chi connectivity index (χ3n) is 14.9. The number of nitrogens with one attached hydrogen (secondary N) is 4. The maximum Gasteiger partial charge on any atom is 0.289 e. The van der Waals surface area contributed by atoms with E-state index in [1.807, 2.05) is 27.7 Å². The molecule has 4 N–H and O–H groups in total. The minimum atomic E-state index is -0.985. The SMILES string of the molecule is CCC[C@H](NC(=O)C1C[C@@]2(CN1C(=O)[C@@H](NC(=O)[C@@H](NC(=O)[C@@H]1CCCN1CC)C1CCCCC1)C(C)(C)C)C(C)(C)C21CCC1)C(=O)C(=O)NC1CC1. The molecule has 0 aromatic carbocycles. The minimum Gasteiger partial charge on any atom is -0.347 e. The van der Waals surface area contributed by atoms with Crippen LogP contribution in [-0.2, 0) is 28.8 Å². The lowest BCUT2D eigenvalue weighted by Gasteiger charge is -2.38. The van der Waals surface area contributed by atoms with E-state index < -0.39 is 47.2 Å². The highest BCUT2D eigenvalue weighted by atomic mass is 16.2. The zero-order valence-corrected chi connectivity index (χ0v) is 34.1. The second-order valence-electron chi connectivity index (χ2n) is 19.3. The molecule has 1 unspecified atom stereocenters. The fourth-order valence-electron chi connectivity index (χ4n) is 11.2. The predicted molar refractivity (Wildman–Crippen MR) is 206 cm³/mol. The summed E-state index contributed by atoms with van der Waals surface area (Å²) >= 11 is 0. The number of nitrogens with zero attached hydrogens (tertiary/aromatic N) is 2. The molecule has 6 aliphatic rings. The average Bonchev–Trinajstić information content (AvgIpc) is 3.79. The average molecular weight is 753 g/mol. The Morgan fingerprint density at radius 2 is 1.44 bits per heavy atom. The Morgan fingerprint density at radius 1 is 0.778 bits per heavy atom. The first-order valence-electron chi connectivity index (χ1n) is 21.3. The van der Waals surface area contributed by atoms with Gasteiger partial charge >= 0.3 is 0 Å². The number of likely N-dealkylation sites (N-methyl/N-ethyl adjacent to an activating group) is 1. The molecule has 12 nitrogen and oxygen atoms in total. The van der Waals surface area contributed by atoms with E-state index in [0.29, 0.717) is 25.8 Å². The van der Waals surface area contributed by atoms with Crippen LogP contribution in [-0.4, -0.2) is 101 Å². The van der Waals surface area contributed by atoms with Crippen LogP contribution in [0.25, 0.3) is 0 Å². The van der Waals surface area contributed by atoms with Crippen LogP contribution in [0.15, 0.2) is 0 Å². The first kappa shape index (κ1) is 40.6. The van der Waals surface area contributed by atoms with Gasteiger partial charge in [0.05, 0.1) is 12.1 Å². The number of hydrogen-bond donors (Lipinski definition) is 4. The van der Waals surface area contributed by atoms with E-state index in [2.05, 4.69) is 46.9 Å². The summed E-state index contributed by atoms with van der Waals surface area (Å²) in [4.78, 5) is 87.7. The molecular formula is C42H68N6O6. The molecule has 54 heavy (non-hydrogen) atoms. The number of carbonyl (C=O) groups excluding carboxylic acids is 6. The summed E-state index contributed by atoms with van der Waals surface area (Å²) in [6.45, 7) is 16.3. The molecule has 2 aliphatic heterocycles. The summed E-state index contributed by atoms with van der Waals surface area (Å²) in [6, 6.07) is -3.81. The first-order chi connectivity index (χ1) is 25.5. The largest absolute Gasteiger partial charge is 0.347 e. The second kappa shape index (κ2) is 15.5. The quantitative estimate of drug-likeness (QED) is 0.196. The lowest BCUT2D eigenvalue weighted by molar-refractivity contribution is -0.145. The molecule has 6 rings (SSSR count). The maximum absolute atomic E-state index is 15.1. The van der Waals surface area contributed by atoms with Crippen LogP contribution in [0.3, 0.4) is 0 Å². The third-order valence-corrected chi connectivity index (χ3v) is 14.9. The Morgan fingerprint density at radius 3 is 2.00 bits per heavy atom. The number of rotatable bonds is 14. The van der Waals surface area contributed by atoms with Crippen LogP contribution < -0.4 is 21.3 Å². The van der Waals surface area contributed by atoms with Gasteiger partial charge in [0.2, 0.25) is 29.4 Å². The predicted octanol–water partition coefficient (Wildman–Crippen LogP) is 4.00. The summed E-state index contributed by atoms with van der Waals surface area (Å²) in [7, 11) is 0. The molecule has 6 atom stereocenters. The number of carbonyl (C=O) groups is 6. The molecule has 0 radical (unpaired) electrons. The summed E-state index contributed by atoms with van der Waals surface area (Å²) in [5.41, 5.74) is -1.02. The Bertz CT molecular complexity index is 1480. The Labute approximate surface area is 322 Å². The van der Waals surface area contributed by atoms with Crippen molar-refractivity contribution in [2.75, 3.05) is 19.6 Å². The molecule has 2 heterocycles. The van der Waals surface area contributed by atoms with Gasteiger partial charge in [-0.3, -0.25) is 33.7 Å². The highest BCUT2D eigenvalue weighted by Gasteiger charge is 2.85. The van der Waals surface area contributed by atoms with E-state index in [9.17, 15) is 24.0 Å². The van der Waals surface area contributed by atoms with Crippen molar-refractivity contribution in [3.8, 4) is 0 Å². The zero-order valence-electron chi connectivity index (χ0n) is 34.1. The number of hydrogen-bond acceptors (Lipinski definition) is 7. The van der Waals surface area contributed by atoms with Crippen LogP contribution in [0.5, 0.6) is 0 Å². The molecule has 2 saturated heterocycles. The monoisotopic (exact) mass is 753 g/mol. The van der Waals surface area contributed by atoms with E-state index in [-0.39, 0.29) is 52.0 Å². The number of Topliss-reactive ketones (excluding diaryl/α,β-unsaturated/α-hetero) is 1. The molecule has 5 amide bonds. The second-order valence-corrected chi connectivity index (χ2v) is 19.3. The third kappa shape index (κ3) is 7.34. The molecule has 2 spiro atoms. The summed E-state index contributed by atoms with van der Waals surface area (Å²) < 4.78 is 0. The summed E-state index contributed by atoms with van der Waals surface area (Å²) in [5, 5.41) is 12.0. The number of fused-ring (bicyclic) bond motifs is 1. The molecule has 6 fully saturated rings. The number of amides is 5. The van der Waals surface area contributed by atoms with Crippen molar-refractivity contribution < 1.29 is 28.8 Å². The Balaban J connectivity index is 1.25. The minimum absolute atomic E-state index is 0.0160. The van der Waals surface area contributed by atoms with Gasteiger partial charge in [-0.2, -0.15) is 0 Å². The molecule has 0 bridgehead atoms. The summed E-state index contributed by atoms with van der Waals surface area (Å²) in [5.74, 6) is -2.57. The highest BCUT2D eigenvalue weighted by Crippen LogP contribution is 2.88. The molecule has 4 aliphatic carbocycles. The fraction of sp³-hybridized carbons (Fsp3) is 0.857. The van der Waals surface area contributed by atoms with E-state index in [1.165, 1.54) is 0 Å². The standard InChI is InChI=1S/C42H68N6O6/c1-8-15-28(32(49)37(53)43-27-19-20-27)44-35(51)30-24-42(40(6,7)41(42)21-14-22-41)25-48(30)38(54)33(39(3,4)5)46-36(52)31(26-16-11-10-12-17-26)45-34(50)29-18-13-23-47(29)9-2/h26-31,33H,8-25H2,1-7H3,(H,43,53)(H,44,51)(H,45,50)(H,46,52)/t28-,29-,30?,31-,33+,42+/m0/s1. The van der Waals surface area contributed by atoms with Gasteiger partial charge in [0.1, 0.15) is 18.1 Å². The number of likely N-dealkylation sites (tertiary alicyclic amines) is 2. The molecule has 0 aromatic rings. The van der Waals surface area contributed by atoms with Crippen molar-refractivity contribution >= 4 is 35.3 Å². The number of ketones is 1. The molecule has 0 aromatic heterocycles. The van der Waals surface area contributed by atoms with Gasteiger partial charge in [0.25, 0.3) is 5.91 Å². The highest BCUT2D eigenvalue weighted by molar-refractivity contribution is 6.38. The Hall–Kier alpha value is -3.02.